The number of hydrogen-bond donors (Lipinski definition) is 1. The minimum absolute atomic E-state index is 0.0380. The Morgan fingerprint density at radius 2 is 2.00 bits per heavy atom. The molecular weight excluding hydrogens is 287 g/mol. The minimum atomic E-state index is -0.328. The molecule has 21 heavy (non-hydrogen) atoms. The molecule has 106 valence electrons. The summed E-state index contributed by atoms with van der Waals surface area (Å²) < 4.78 is 13.1. The number of pyridine rings is 1. The average molecular weight is 301 g/mol. The van der Waals surface area contributed by atoms with Crippen molar-refractivity contribution >= 4 is 28.2 Å². The van der Waals surface area contributed by atoms with Gasteiger partial charge in [-0.2, -0.15) is 0 Å². The molecule has 0 aliphatic rings. The lowest BCUT2D eigenvalue weighted by atomic mass is 10.1. The highest BCUT2D eigenvalue weighted by molar-refractivity contribution is 6.31. The third-order valence-corrected chi connectivity index (χ3v) is 3.77. The molecule has 2 aromatic carbocycles. The Bertz CT molecular complexity index is 783. The van der Waals surface area contributed by atoms with Crippen LogP contribution in [0.15, 0.2) is 54.7 Å². The van der Waals surface area contributed by atoms with E-state index in [9.17, 15) is 4.39 Å². The Kier molecular flexibility index (Phi) is 3.76. The van der Waals surface area contributed by atoms with Crippen molar-refractivity contribution in [2.75, 3.05) is 5.32 Å². The molecule has 1 unspecified atom stereocenters. The molecule has 0 saturated heterocycles. The van der Waals surface area contributed by atoms with Gasteiger partial charge in [0.05, 0.1) is 11.6 Å². The second kappa shape index (κ2) is 5.70. The van der Waals surface area contributed by atoms with Gasteiger partial charge in [-0.05, 0) is 48.9 Å². The molecule has 1 aromatic heterocycles. The fourth-order valence-electron chi connectivity index (χ4n) is 2.39. The highest BCUT2D eigenvalue weighted by Gasteiger charge is 2.11. The largest absolute Gasteiger partial charge is 0.378 e. The van der Waals surface area contributed by atoms with E-state index in [4.69, 9.17) is 11.6 Å². The van der Waals surface area contributed by atoms with Crippen LogP contribution in [-0.2, 0) is 0 Å². The first kappa shape index (κ1) is 13.8. The quantitative estimate of drug-likeness (QED) is 0.719. The summed E-state index contributed by atoms with van der Waals surface area (Å²) >= 11 is 6.12. The van der Waals surface area contributed by atoms with Gasteiger partial charge < -0.3 is 5.32 Å². The van der Waals surface area contributed by atoms with Crippen LogP contribution in [0.4, 0.5) is 10.1 Å². The van der Waals surface area contributed by atoms with Gasteiger partial charge in [-0.1, -0.05) is 23.7 Å². The molecule has 1 heterocycles. The van der Waals surface area contributed by atoms with Crippen LogP contribution in [0.3, 0.4) is 0 Å². The first-order valence-electron chi connectivity index (χ1n) is 6.70. The van der Waals surface area contributed by atoms with Crippen molar-refractivity contribution < 1.29 is 4.39 Å². The molecule has 0 radical (unpaired) electrons. The fraction of sp³-hybridized carbons (Fsp3) is 0.118. The predicted molar refractivity (Wildman–Crippen MR) is 85.2 cm³/mol. The van der Waals surface area contributed by atoms with Crippen molar-refractivity contribution in [1.82, 2.24) is 4.98 Å². The van der Waals surface area contributed by atoms with Gasteiger partial charge in [-0.3, -0.25) is 4.98 Å². The molecule has 0 aliphatic carbocycles. The van der Waals surface area contributed by atoms with E-state index >= 15 is 0 Å². The van der Waals surface area contributed by atoms with Crippen LogP contribution in [0, 0.1) is 5.82 Å². The maximum atomic E-state index is 13.1. The van der Waals surface area contributed by atoms with E-state index in [-0.39, 0.29) is 11.9 Å². The highest BCUT2D eigenvalue weighted by Crippen LogP contribution is 2.29. The van der Waals surface area contributed by atoms with Crippen LogP contribution in [0.1, 0.15) is 18.5 Å². The lowest BCUT2D eigenvalue weighted by Crippen LogP contribution is -2.07. The zero-order chi connectivity index (χ0) is 14.8. The van der Waals surface area contributed by atoms with Gasteiger partial charge in [0.2, 0.25) is 0 Å². The summed E-state index contributed by atoms with van der Waals surface area (Å²) in [6.07, 6.45) is 1.77. The summed E-state index contributed by atoms with van der Waals surface area (Å²) in [7, 11) is 0. The minimum Gasteiger partial charge on any atom is -0.378 e. The van der Waals surface area contributed by atoms with Crippen molar-refractivity contribution in [1.29, 1.82) is 0 Å². The third-order valence-electron chi connectivity index (χ3n) is 3.45. The standard InChI is InChI=1S/C17H14ClFN2/c1-11(13-8-7-12(19)10-15(13)18)21-17-6-2-5-16-14(17)4-3-9-20-16/h2-11,21H,1H3. The Morgan fingerprint density at radius 3 is 2.81 bits per heavy atom. The molecule has 0 saturated carbocycles. The van der Waals surface area contributed by atoms with Crippen molar-refractivity contribution in [3.8, 4) is 0 Å². The normalized spacial score (nSPS) is 12.3. The second-order valence-corrected chi connectivity index (χ2v) is 5.31. The molecule has 0 bridgehead atoms. The second-order valence-electron chi connectivity index (χ2n) is 4.91. The van der Waals surface area contributed by atoms with Crippen molar-refractivity contribution in [2.45, 2.75) is 13.0 Å². The number of nitrogens with zero attached hydrogens (tertiary/aromatic N) is 1. The zero-order valence-electron chi connectivity index (χ0n) is 11.5. The monoisotopic (exact) mass is 300 g/mol. The molecule has 2 nitrogen and oxygen atoms in total. The summed E-state index contributed by atoms with van der Waals surface area (Å²) in [6, 6.07) is 14.3. The van der Waals surface area contributed by atoms with E-state index in [0.29, 0.717) is 5.02 Å². The van der Waals surface area contributed by atoms with E-state index in [2.05, 4.69) is 10.3 Å². The lowest BCUT2D eigenvalue weighted by Gasteiger charge is -2.18. The van der Waals surface area contributed by atoms with Gasteiger partial charge in [0.15, 0.2) is 0 Å². The van der Waals surface area contributed by atoms with Gasteiger partial charge in [0.1, 0.15) is 5.82 Å². The Balaban J connectivity index is 1.94. The van der Waals surface area contributed by atoms with Gasteiger partial charge in [-0.25, -0.2) is 4.39 Å². The van der Waals surface area contributed by atoms with E-state index in [1.807, 2.05) is 37.3 Å². The molecule has 3 aromatic rings. The average Bonchev–Trinajstić information content (AvgIpc) is 2.47. The Hall–Kier alpha value is -2.13. The molecular formula is C17H14ClFN2. The van der Waals surface area contributed by atoms with Crippen LogP contribution >= 0.6 is 11.6 Å². The maximum Gasteiger partial charge on any atom is 0.124 e. The van der Waals surface area contributed by atoms with Gasteiger partial charge in [0, 0.05) is 22.3 Å². The van der Waals surface area contributed by atoms with Gasteiger partial charge >= 0.3 is 0 Å². The number of halogens is 2. The predicted octanol–water partition coefficient (Wildman–Crippen LogP) is 5.20. The summed E-state index contributed by atoms with van der Waals surface area (Å²) in [5.41, 5.74) is 2.77. The summed E-state index contributed by atoms with van der Waals surface area (Å²) in [4.78, 5) is 4.34. The molecule has 0 amide bonds. The first-order valence-corrected chi connectivity index (χ1v) is 7.08. The molecule has 0 aliphatic heterocycles. The van der Waals surface area contributed by atoms with Crippen molar-refractivity contribution in [3.63, 3.8) is 0 Å². The Morgan fingerprint density at radius 1 is 1.14 bits per heavy atom. The van der Waals surface area contributed by atoms with Gasteiger partial charge in [-0.15, -0.1) is 0 Å². The van der Waals surface area contributed by atoms with E-state index in [1.54, 1.807) is 12.3 Å². The lowest BCUT2D eigenvalue weighted by molar-refractivity contribution is 0.626. The van der Waals surface area contributed by atoms with E-state index in [1.165, 1.54) is 12.1 Å². The van der Waals surface area contributed by atoms with Crippen molar-refractivity contribution in [3.05, 3.63) is 71.1 Å². The molecule has 0 fully saturated rings. The summed E-state index contributed by atoms with van der Waals surface area (Å²) in [6.45, 7) is 1.99. The smallest absolute Gasteiger partial charge is 0.124 e. The number of hydrogen-bond acceptors (Lipinski definition) is 2. The number of fused-ring (bicyclic) bond motifs is 1. The van der Waals surface area contributed by atoms with E-state index in [0.717, 1.165) is 22.2 Å². The van der Waals surface area contributed by atoms with Crippen LogP contribution in [0.5, 0.6) is 0 Å². The third kappa shape index (κ3) is 2.83. The van der Waals surface area contributed by atoms with Crippen LogP contribution in [-0.4, -0.2) is 4.98 Å². The van der Waals surface area contributed by atoms with Crippen LogP contribution in [0.25, 0.3) is 10.9 Å². The zero-order valence-corrected chi connectivity index (χ0v) is 12.2. The SMILES string of the molecule is CC(Nc1cccc2ncccc12)c1ccc(F)cc1Cl. The van der Waals surface area contributed by atoms with E-state index < -0.39 is 0 Å². The van der Waals surface area contributed by atoms with Crippen LogP contribution < -0.4 is 5.32 Å². The fourth-order valence-corrected chi connectivity index (χ4v) is 2.72. The topological polar surface area (TPSA) is 24.9 Å². The number of rotatable bonds is 3. The molecule has 3 rings (SSSR count). The summed E-state index contributed by atoms with van der Waals surface area (Å²) in [5, 5.41) is 4.89. The molecule has 4 heteroatoms. The number of aromatic nitrogens is 1. The molecule has 0 spiro atoms. The Labute approximate surface area is 127 Å². The van der Waals surface area contributed by atoms with Crippen LogP contribution in [0.2, 0.25) is 5.02 Å². The highest BCUT2D eigenvalue weighted by atomic mass is 35.5. The molecule has 1 atom stereocenters. The number of anilines is 1. The molecule has 1 N–H and O–H groups in total. The number of benzene rings is 2. The van der Waals surface area contributed by atoms with Crippen molar-refractivity contribution in [2.24, 2.45) is 0 Å². The van der Waals surface area contributed by atoms with Gasteiger partial charge in [0.25, 0.3) is 0 Å². The maximum absolute atomic E-state index is 13.1. The first-order chi connectivity index (χ1) is 10.1. The number of nitrogens with one attached hydrogen (secondary N) is 1. The summed E-state index contributed by atoms with van der Waals surface area (Å²) in [5.74, 6) is -0.328.